The lowest BCUT2D eigenvalue weighted by Gasteiger charge is -2.02. The van der Waals surface area contributed by atoms with E-state index in [0.717, 1.165) is 12.8 Å². The summed E-state index contributed by atoms with van der Waals surface area (Å²) in [5, 5.41) is 0. The molecule has 0 aliphatic heterocycles. The van der Waals surface area contributed by atoms with E-state index >= 15 is 0 Å². The minimum Gasteiger partial charge on any atom is -0.458 e. The number of esters is 1. The van der Waals surface area contributed by atoms with Gasteiger partial charge in [-0.3, -0.25) is 0 Å². The lowest BCUT2D eigenvalue weighted by atomic mass is 10.1. The summed E-state index contributed by atoms with van der Waals surface area (Å²) in [5.74, 6) is -0.326. The molecule has 0 aliphatic carbocycles. The minimum absolute atomic E-state index is 0.326. The molecule has 0 spiro atoms. The molecule has 2 heteroatoms. The lowest BCUT2D eigenvalue weighted by Crippen LogP contribution is -2.04. The fraction of sp³-hybridized carbons (Fsp3) is 0.500. The molecule has 0 amide bonds. The summed E-state index contributed by atoms with van der Waals surface area (Å²) >= 11 is 0. The summed E-state index contributed by atoms with van der Waals surface area (Å²) < 4.78 is 4.97. The molecule has 0 aromatic carbocycles. The largest absolute Gasteiger partial charge is 0.458 e. The first-order valence-corrected chi connectivity index (χ1v) is 5.55. The Labute approximate surface area is 98.7 Å². The first kappa shape index (κ1) is 14.7. The van der Waals surface area contributed by atoms with Gasteiger partial charge in [0.2, 0.25) is 0 Å². The molecular weight excluding hydrogens is 200 g/mol. The molecule has 0 radical (unpaired) electrons. The summed E-state index contributed by atoms with van der Waals surface area (Å²) in [4.78, 5) is 11.1. The normalized spacial score (nSPS) is 10.9. The van der Waals surface area contributed by atoms with Gasteiger partial charge in [-0.05, 0) is 46.6 Å². The summed E-state index contributed by atoms with van der Waals surface area (Å²) in [6, 6.07) is 0. The second-order valence-corrected chi connectivity index (χ2v) is 4.25. The zero-order chi connectivity index (χ0) is 12.6. The number of carbonyl (C=O) groups excluding carboxylic acids is 1. The molecule has 2 nitrogen and oxygen atoms in total. The van der Waals surface area contributed by atoms with Crippen molar-refractivity contribution in [2.24, 2.45) is 0 Å². The fourth-order valence-electron chi connectivity index (χ4n) is 1.07. The van der Waals surface area contributed by atoms with Crippen LogP contribution in [0.15, 0.2) is 35.5 Å². The van der Waals surface area contributed by atoms with Crippen LogP contribution in [-0.4, -0.2) is 12.6 Å². The van der Waals surface area contributed by atoms with E-state index in [1.54, 1.807) is 6.92 Å². The van der Waals surface area contributed by atoms with Crippen LogP contribution in [0.1, 0.15) is 40.5 Å². The summed E-state index contributed by atoms with van der Waals surface area (Å²) in [7, 11) is 0. The van der Waals surface area contributed by atoms with Crippen LogP contribution in [0.4, 0.5) is 0 Å². The lowest BCUT2D eigenvalue weighted by molar-refractivity contribution is -0.137. The molecule has 0 aliphatic rings. The third-order valence-corrected chi connectivity index (χ3v) is 2.09. The molecule has 0 atom stereocenters. The van der Waals surface area contributed by atoms with Crippen LogP contribution in [0.25, 0.3) is 0 Å². The molecule has 0 aromatic heterocycles. The van der Waals surface area contributed by atoms with Crippen LogP contribution in [0.3, 0.4) is 0 Å². The molecule has 0 rings (SSSR count). The van der Waals surface area contributed by atoms with Crippen LogP contribution in [0, 0.1) is 0 Å². The van der Waals surface area contributed by atoms with Crippen LogP contribution < -0.4 is 0 Å². The highest BCUT2D eigenvalue weighted by atomic mass is 16.5. The van der Waals surface area contributed by atoms with Gasteiger partial charge in [0.1, 0.15) is 6.61 Å². The molecule has 0 heterocycles. The van der Waals surface area contributed by atoms with E-state index in [4.69, 9.17) is 4.74 Å². The highest BCUT2D eigenvalue weighted by Crippen LogP contribution is 2.06. The first-order chi connectivity index (χ1) is 7.43. The van der Waals surface area contributed by atoms with E-state index < -0.39 is 0 Å². The standard InChI is InChI=1S/C14H22O2/c1-11(2)7-6-8-13(5)9-10-16-14(15)12(3)4/h7,9H,3,6,8,10H2,1-2,4-5H3. The van der Waals surface area contributed by atoms with Crippen molar-refractivity contribution >= 4 is 5.97 Å². The molecular formula is C14H22O2. The number of rotatable bonds is 6. The SMILES string of the molecule is C=C(C)C(=O)OCC=C(C)CCC=C(C)C. The zero-order valence-electron chi connectivity index (χ0n) is 10.8. The van der Waals surface area contributed by atoms with E-state index in [-0.39, 0.29) is 5.97 Å². The number of hydrogen-bond donors (Lipinski definition) is 0. The van der Waals surface area contributed by atoms with Gasteiger partial charge in [0, 0.05) is 5.57 Å². The number of ether oxygens (including phenoxy) is 1. The van der Waals surface area contributed by atoms with Gasteiger partial charge in [-0.1, -0.05) is 23.8 Å². The van der Waals surface area contributed by atoms with E-state index in [9.17, 15) is 4.79 Å². The summed E-state index contributed by atoms with van der Waals surface area (Å²) in [5.41, 5.74) is 3.02. The van der Waals surface area contributed by atoms with Gasteiger partial charge in [0.25, 0.3) is 0 Å². The van der Waals surface area contributed by atoms with Gasteiger partial charge in [0.15, 0.2) is 0 Å². The van der Waals surface area contributed by atoms with E-state index in [1.807, 2.05) is 13.0 Å². The van der Waals surface area contributed by atoms with Crippen molar-refractivity contribution in [1.82, 2.24) is 0 Å². The Bertz CT molecular complexity index is 305. The Morgan fingerprint density at radius 3 is 2.31 bits per heavy atom. The van der Waals surface area contributed by atoms with Gasteiger partial charge < -0.3 is 4.74 Å². The van der Waals surface area contributed by atoms with Crippen molar-refractivity contribution < 1.29 is 9.53 Å². The maximum absolute atomic E-state index is 11.1. The van der Waals surface area contributed by atoms with Crippen LogP contribution in [-0.2, 0) is 9.53 Å². The van der Waals surface area contributed by atoms with E-state index in [1.165, 1.54) is 11.1 Å². The second-order valence-electron chi connectivity index (χ2n) is 4.25. The quantitative estimate of drug-likeness (QED) is 0.388. The fourth-order valence-corrected chi connectivity index (χ4v) is 1.07. The van der Waals surface area contributed by atoms with Crippen LogP contribution in [0.2, 0.25) is 0 Å². The number of allylic oxidation sites excluding steroid dienone is 3. The van der Waals surface area contributed by atoms with Crippen molar-refractivity contribution in [2.45, 2.75) is 40.5 Å². The summed E-state index contributed by atoms with van der Waals surface area (Å²) in [6.45, 7) is 11.7. The van der Waals surface area contributed by atoms with Crippen molar-refractivity contribution in [3.63, 3.8) is 0 Å². The second kappa shape index (κ2) is 7.91. The molecule has 0 N–H and O–H groups in total. The predicted molar refractivity (Wildman–Crippen MR) is 68.2 cm³/mol. The Balaban J connectivity index is 3.83. The monoisotopic (exact) mass is 222 g/mol. The molecule has 0 bridgehead atoms. The van der Waals surface area contributed by atoms with Crippen molar-refractivity contribution in [2.75, 3.05) is 6.61 Å². The molecule has 0 saturated heterocycles. The molecule has 90 valence electrons. The maximum Gasteiger partial charge on any atom is 0.333 e. The number of carbonyl (C=O) groups is 1. The average Bonchev–Trinajstić information content (AvgIpc) is 2.16. The smallest absolute Gasteiger partial charge is 0.333 e. The predicted octanol–water partition coefficient (Wildman–Crippen LogP) is 3.80. The van der Waals surface area contributed by atoms with Crippen molar-refractivity contribution in [3.8, 4) is 0 Å². The van der Waals surface area contributed by atoms with Crippen molar-refractivity contribution in [1.29, 1.82) is 0 Å². The maximum atomic E-state index is 11.1. The van der Waals surface area contributed by atoms with Crippen LogP contribution in [0.5, 0.6) is 0 Å². The molecule has 0 unspecified atom stereocenters. The van der Waals surface area contributed by atoms with Gasteiger partial charge in [0.05, 0.1) is 0 Å². The Hall–Kier alpha value is -1.31. The van der Waals surface area contributed by atoms with Gasteiger partial charge in [-0.25, -0.2) is 4.79 Å². The Morgan fingerprint density at radius 2 is 1.81 bits per heavy atom. The van der Waals surface area contributed by atoms with Crippen molar-refractivity contribution in [3.05, 3.63) is 35.5 Å². The highest BCUT2D eigenvalue weighted by Gasteiger charge is 2.00. The molecule has 0 aromatic rings. The van der Waals surface area contributed by atoms with Gasteiger partial charge in [-0.15, -0.1) is 0 Å². The third-order valence-electron chi connectivity index (χ3n) is 2.09. The first-order valence-electron chi connectivity index (χ1n) is 5.55. The van der Waals surface area contributed by atoms with Gasteiger partial charge in [-0.2, -0.15) is 0 Å². The summed E-state index contributed by atoms with van der Waals surface area (Å²) in [6.07, 6.45) is 6.20. The van der Waals surface area contributed by atoms with E-state index in [2.05, 4.69) is 26.5 Å². The molecule has 0 saturated carbocycles. The Morgan fingerprint density at radius 1 is 1.19 bits per heavy atom. The number of hydrogen-bond acceptors (Lipinski definition) is 2. The minimum atomic E-state index is -0.326. The van der Waals surface area contributed by atoms with E-state index in [0.29, 0.717) is 12.2 Å². The van der Waals surface area contributed by atoms with Gasteiger partial charge >= 0.3 is 5.97 Å². The Kier molecular flexibility index (Phi) is 7.27. The zero-order valence-corrected chi connectivity index (χ0v) is 10.8. The molecule has 0 fully saturated rings. The third kappa shape index (κ3) is 8.04. The van der Waals surface area contributed by atoms with Crippen LogP contribution >= 0.6 is 0 Å². The average molecular weight is 222 g/mol. The topological polar surface area (TPSA) is 26.3 Å². The highest BCUT2D eigenvalue weighted by molar-refractivity contribution is 5.86. The molecule has 16 heavy (non-hydrogen) atoms.